The van der Waals surface area contributed by atoms with Crippen LogP contribution in [0.2, 0.25) is 0 Å². The van der Waals surface area contributed by atoms with Gasteiger partial charge in [0, 0.05) is 6.20 Å². The normalized spacial score (nSPS) is 11.3. The minimum atomic E-state index is -4.30. The zero-order valence-electron chi connectivity index (χ0n) is 7.27. The van der Waals surface area contributed by atoms with Gasteiger partial charge in [-0.2, -0.15) is 18.2 Å². The molecule has 0 fully saturated rings. The number of aromatic nitrogens is 2. The summed E-state index contributed by atoms with van der Waals surface area (Å²) in [5, 5.41) is 2.11. The maximum Gasteiger partial charge on any atom is 0.405 e. The number of rotatable bonds is 3. The highest BCUT2D eigenvalue weighted by atomic mass is 79.9. The lowest BCUT2D eigenvalue weighted by Gasteiger charge is -2.10. The van der Waals surface area contributed by atoms with Gasteiger partial charge in [0.05, 0.1) is 4.47 Å². The van der Waals surface area contributed by atoms with Crippen LogP contribution in [0.5, 0.6) is 0 Å². The van der Waals surface area contributed by atoms with Crippen molar-refractivity contribution in [2.45, 2.75) is 6.18 Å². The van der Waals surface area contributed by atoms with Crippen LogP contribution in [0.4, 0.5) is 24.9 Å². The zero-order chi connectivity index (χ0) is 11.5. The van der Waals surface area contributed by atoms with Crippen LogP contribution in [0.15, 0.2) is 10.7 Å². The summed E-state index contributed by atoms with van der Waals surface area (Å²) in [5.41, 5.74) is 2.13. The molecule has 0 aliphatic heterocycles. The third-order valence-electron chi connectivity index (χ3n) is 1.33. The highest BCUT2D eigenvalue weighted by molar-refractivity contribution is 9.10. The molecular weight excluding hydrogens is 279 g/mol. The summed E-state index contributed by atoms with van der Waals surface area (Å²) in [6.07, 6.45) is -3.01. The molecule has 0 aliphatic rings. The van der Waals surface area contributed by atoms with E-state index in [2.05, 4.69) is 36.6 Å². The number of halogens is 4. The molecule has 0 radical (unpaired) electrons. The molecule has 0 aliphatic carbocycles. The highest BCUT2D eigenvalue weighted by Crippen LogP contribution is 2.22. The Morgan fingerprint density at radius 3 is 2.67 bits per heavy atom. The fourth-order valence-corrected chi connectivity index (χ4v) is 1.08. The van der Waals surface area contributed by atoms with E-state index in [1.807, 2.05) is 0 Å². The van der Waals surface area contributed by atoms with Gasteiger partial charge in [0.25, 0.3) is 0 Å². The largest absolute Gasteiger partial charge is 0.405 e. The molecule has 0 aromatic carbocycles. The van der Waals surface area contributed by atoms with Crippen molar-refractivity contribution in [3.63, 3.8) is 0 Å². The number of nitrogens with zero attached hydrogens (tertiary/aromatic N) is 2. The molecule has 1 aromatic rings. The van der Waals surface area contributed by atoms with Crippen molar-refractivity contribution in [2.24, 2.45) is 5.84 Å². The molecule has 1 rings (SSSR count). The second-order valence-electron chi connectivity index (χ2n) is 2.50. The van der Waals surface area contributed by atoms with Crippen molar-refractivity contribution >= 4 is 27.7 Å². The Kier molecular flexibility index (Phi) is 3.69. The average molecular weight is 286 g/mol. The standard InChI is InChI=1S/C6H7BrF3N5/c7-3-1-12-5(15-11)14-4(3)13-2-6(8,9)10/h1H,2,11H2,(H2,12,13,14,15). The van der Waals surface area contributed by atoms with E-state index in [4.69, 9.17) is 5.84 Å². The van der Waals surface area contributed by atoms with Crippen molar-refractivity contribution in [1.82, 2.24) is 9.97 Å². The van der Waals surface area contributed by atoms with E-state index in [1.54, 1.807) is 0 Å². The molecule has 5 nitrogen and oxygen atoms in total. The van der Waals surface area contributed by atoms with Gasteiger partial charge in [-0.25, -0.2) is 10.8 Å². The minimum absolute atomic E-state index is 0.0234. The first-order valence-corrected chi connectivity index (χ1v) is 4.51. The lowest BCUT2D eigenvalue weighted by molar-refractivity contribution is -0.115. The molecule has 9 heteroatoms. The Bertz CT molecular complexity index is 342. The molecule has 0 saturated heterocycles. The summed E-state index contributed by atoms with van der Waals surface area (Å²) in [7, 11) is 0. The molecule has 0 spiro atoms. The molecule has 0 atom stereocenters. The Morgan fingerprint density at radius 1 is 1.47 bits per heavy atom. The quantitative estimate of drug-likeness (QED) is 0.580. The van der Waals surface area contributed by atoms with Crippen LogP contribution in [0.1, 0.15) is 0 Å². The van der Waals surface area contributed by atoms with Gasteiger partial charge < -0.3 is 5.32 Å². The molecule has 0 amide bonds. The fraction of sp³-hybridized carbons (Fsp3) is 0.333. The van der Waals surface area contributed by atoms with Gasteiger partial charge in [-0.3, -0.25) is 5.43 Å². The van der Waals surface area contributed by atoms with Gasteiger partial charge >= 0.3 is 6.18 Å². The number of anilines is 2. The first-order valence-electron chi connectivity index (χ1n) is 3.72. The molecule has 15 heavy (non-hydrogen) atoms. The Morgan fingerprint density at radius 2 is 2.13 bits per heavy atom. The number of hydrogen-bond acceptors (Lipinski definition) is 5. The Labute approximate surface area is 91.4 Å². The van der Waals surface area contributed by atoms with Crippen molar-refractivity contribution in [2.75, 3.05) is 17.3 Å². The van der Waals surface area contributed by atoms with Crippen LogP contribution in [-0.4, -0.2) is 22.7 Å². The number of alkyl halides is 3. The summed E-state index contributed by atoms with van der Waals surface area (Å²) in [6, 6.07) is 0. The third-order valence-corrected chi connectivity index (χ3v) is 1.91. The number of nitrogens with two attached hydrogens (primary N) is 1. The average Bonchev–Trinajstić information content (AvgIpc) is 2.15. The fourth-order valence-electron chi connectivity index (χ4n) is 0.745. The van der Waals surface area contributed by atoms with Gasteiger partial charge in [0.2, 0.25) is 5.95 Å². The second-order valence-corrected chi connectivity index (χ2v) is 3.36. The van der Waals surface area contributed by atoms with Crippen LogP contribution in [0.25, 0.3) is 0 Å². The number of hydrazine groups is 1. The van der Waals surface area contributed by atoms with Crippen LogP contribution in [0, 0.1) is 0 Å². The van der Waals surface area contributed by atoms with Crippen LogP contribution < -0.4 is 16.6 Å². The van der Waals surface area contributed by atoms with E-state index in [9.17, 15) is 13.2 Å². The predicted octanol–water partition coefficient (Wildman–Crippen LogP) is 1.50. The lowest BCUT2D eigenvalue weighted by Crippen LogP contribution is -2.22. The number of nitrogens with one attached hydrogen (secondary N) is 2. The molecule has 0 saturated carbocycles. The molecule has 84 valence electrons. The summed E-state index contributed by atoms with van der Waals surface area (Å²) in [5.74, 6) is 5.06. The summed E-state index contributed by atoms with van der Waals surface area (Å²) in [4.78, 5) is 7.38. The van der Waals surface area contributed by atoms with Gasteiger partial charge in [0.1, 0.15) is 12.4 Å². The second kappa shape index (κ2) is 4.62. The third kappa shape index (κ3) is 3.88. The van der Waals surface area contributed by atoms with E-state index in [0.29, 0.717) is 4.47 Å². The van der Waals surface area contributed by atoms with Gasteiger partial charge in [-0.05, 0) is 15.9 Å². The van der Waals surface area contributed by atoms with Crippen molar-refractivity contribution < 1.29 is 13.2 Å². The van der Waals surface area contributed by atoms with Gasteiger partial charge in [-0.1, -0.05) is 0 Å². The van der Waals surface area contributed by atoms with Crippen LogP contribution in [0.3, 0.4) is 0 Å². The van der Waals surface area contributed by atoms with Crippen molar-refractivity contribution in [1.29, 1.82) is 0 Å². The van der Waals surface area contributed by atoms with E-state index >= 15 is 0 Å². The smallest absolute Gasteiger partial charge is 0.360 e. The molecule has 0 bridgehead atoms. The summed E-state index contributed by atoms with van der Waals surface area (Å²) in [6.45, 7) is -1.17. The Hall–Kier alpha value is -1.09. The van der Waals surface area contributed by atoms with E-state index in [1.165, 1.54) is 6.20 Å². The monoisotopic (exact) mass is 285 g/mol. The zero-order valence-corrected chi connectivity index (χ0v) is 8.85. The number of hydrogen-bond donors (Lipinski definition) is 3. The van der Waals surface area contributed by atoms with E-state index < -0.39 is 12.7 Å². The summed E-state index contributed by atoms with van der Waals surface area (Å²) < 4.78 is 36.0. The minimum Gasteiger partial charge on any atom is -0.360 e. The lowest BCUT2D eigenvalue weighted by atomic mass is 10.5. The van der Waals surface area contributed by atoms with Crippen LogP contribution >= 0.6 is 15.9 Å². The van der Waals surface area contributed by atoms with Gasteiger partial charge in [0.15, 0.2) is 0 Å². The SMILES string of the molecule is NNc1ncc(Br)c(NCC(F)(F)F)n1. The van der Waals surface area contributed by atoms with Gasteiger partial charge in [-0.15, -0.1) is 0 Å². The number of nitrogen functional groups attached to an aromatic ring is 1. The first-order chi connectivity index (χ1) is 6.92. The van der Waals surface area contributed by atoms with Crippen molar-refractivity contribution in [3.8, 4) is 0 Å². The van der Waals surface area contributed by atoms with E-state index in [0.717, 1.165) is 0 Å². The molecule has 1 aromatic heterocycles. The molecule has 0 unspecified atom stereocenters. The topological polar surface area (TPSA) is 75.9 Å². The molecule has 1 heterocycles. The first kappa shape index (κ1) is 12.0. The predicted molar refractivity (Wildman–Crippen MR) is 52.1 cm³/mol. The van der Waals surface area contributed by atoms with E-state index in [-0.39, 0.29) is 11.8 Å². The highest BCUT2D eigenvalue weighted by Gasteiger charge is 2.27. The van der Waals surface area contributed by atoms with Crippen molar-refractivity contribution in [3.05, 3.63) is 10.7 Å². The maximum atomic E-state index is 11.9. The Balaban J connectivity index is 2.75. The molecular formula is C6H7BrF3N5. The molecule has 4 N–H and O–H groups in total. The maximum absolute atomic E-state index is 11.9. The van der Waals surface area contributed by atoms with Crippen LogP contribution in [-0.2, 0) is 0 Å². The summed E-state index contributed by atoms with van der Waals surface area (Å²) >= 11 is 3.00.